The van der Waals surface area contributed by atoms with E-state index >= 15 is 0 Å². The van der Waals surface area contributed by atoms with Crippen LogP contribution in [0.1, 0.15) is 5.56 Å². The Bertz CT molecular complexity index is 2020. The average molecular weight is 627 g/mol. The highest BCUT2D eigenvalue weighted by molar-refractivity contribution is 5.80. The first-order chi connectivity index (χ1) is 23.7. The third-order valence-corrected chi connectivity index (χ3v) is 7.88. The van der Waals surface area contributed by atoms with Crippen LogP contribution in [0.25, 0.3) is 0 Å². The molecule has 0 unspecified atom stereocenters. The normalized spacial score (nSPS) is 10.7. The third kappa shape index (κ3) is 6.43. The molecule has 0 spiro atoms. The predicted octanol–water partition coefficient (Wildman–Crippen LogP) is 10.6. The molecule has 7 rings (SSSR count). The molecule has 0 aliphatic heterocycles. The Labute approximate surface area is 281 Å². The summed E-state index contributed by atoms with van der Waals surface area (Å²) in [4.78, 5) is 21.9. The van der Waals surface area contributed by atoms with Crippen molar-refractivity contribution in [1.82, 2.24) is 15.0 Å². The van der Waals surface area contributed by atoms with E-state index in [-0.39, 0.29) is 0 Å². The molecular formula is C41H34N6O. The molecule has 7 nitrogen and oxygen atoms in total. The summed E-state index contributed by atoms with van der Waals surface area (Å²) >= 11 is 0. The van der Waals surface area contributed by atoms with Crippen LogP contribution in [0.4, 0.5) is 52.0 Å². The fourth-order valence-electron chi connectivity index (χ4n) is 5.52. The lowest BCUT2D eigenvalue weighted by Crippen LogP contribution is -2.22. The molecule has 0 aliphatic carbocycles. The zero-order valence-electron chi connectivity index (χ0n) is 26.8. The van der Waals surface area contributed by atoms with E-state index in [1.807, 2.05) is 102 Å². The second-order valence-electron chi connectivity index (χ2n) is 11.1. The maximum absolute atomic E-state index is 5.49. The predicted molar refractivity (Wildman–Crippen MR) is 195 cm³/mol. The first kappa shape index (κ1) is 30.2. The zero-order valence-corrected chi connectivity index (χ0v) is 26.8. The van der Waals surface area contributed by atoms with Gasteiger partial charge in [-0.2, -0.15) is 15.0 Å². The second kappa shape index (κ2) is 13.9. The van der Waals surface area contributed by atoms with Gasteiger partial charge in [-0.3, -0.25) is 14.7 Å². The zero-order chi connectivity index (χ0) is 32.7. The quantitative estimate of drug-likeness (QED) is 0.150. The fourth-order valence-corrected chi connectivity index (χ4v) is 5.52. The fraction of sp³-hybridized carbons (Fsp3) is 0.0488. The molecule has 0 atom stereocenters. The number of rotatable bonds is 10. The van der Waals surface area contributed by atoms with Gasteiger partial charge in [-0.05, 0) is 91.9 Å². The molecule has 7 heteroatoms. The number of benzene rings is 6. The van der Waals surface area contributed by atoms with Gasteiger partial charge in [0, 0.05) is 34.1 Å². The molecule has 234 valence electrons. The van der Waals surface area contributed by atoms with Crippen LogP contribution < -0.4 is 19.4 Å². The van der Waals surface area contributed by atoms with Crippen LogP contribution >= 0.6 is 0 Å². The van der Waals surface area contributed by atoms with Crippen molar-refractivity contribution in [2.24, 2.45) is 0 Å². The molecule has 7 aromatic rings. The Morgan fingerprint density at radius 3 is 0.917 bits per heavy atom. The standard InChI is InChI=1S/C41H34N6O/c1-31-23-25-36(26-24-31)46(34-19-11-5-12-20-34)40-42-39(45(32-15-7-3-8-16-32)33-17-9-4-10-18-33)43-41(44-40)47(35-21-13-6-14-22-35)37-27-29-38(48-2)30-28-37/h3-30H,1-2H3. The monoisotopic (exact) mass is 626 g/mol. The van der Waals surface area contributed by atoms with E-state index in [1.165, 1.54) is 0 Å². The van der Waals surface area contributed by atoms with E-state index in [0.29, 0.717) is 17.8 Å². The van der Waals surface area contributed by atoms with Crippen LogP contribution in [-0.4, -0.2) is 22.1 Å². The van der Waals surface area contributed by atoms with E-state index < -0.39 is 0 Å². The Balaban J connectivity index is 1.52. The molecule has 1 heterocycles. The summed E-state index contributed by atoms with van der Waals surface area (Å²) in [6.07, 6.45) is 0. The van der Waals surface area contributed by atoms with E-state index in [2.05, 4.69) is 89.5 Å². The summed E-state index contributed by atoms with van der Waals surface area (Å²) in [7, 11) is 1.67. The number of para-hydroxylation sites is 4. The van der Waals surface area contributed by atoms with Crippen LogP contribution in [0.5, 0.6) is 5.75 Å². The molecule has 1 aromatic heterocycles. The highest BCUT2D eigenvalue weighted by Crippen LogP contribution is 2.40. The number of anilines is 9. The van der Waals surface area contributed by atoms with Gasteiger partial charge in [-0.15, -0.1) is 0 Å². The van der Waals surface area contributed by atoms with Crippen LogP contribution in [0, 0.1) is 6.92 Å². The lowest BCUT2D eigenvalue weighted by atomic mass is 10.2. The SMILES string of the molecule is COc1ccc(N(c2ccccc2)c2nc(N(c3ccccc3)c3ccccc3)nc(N(c3ccccc3)c3ccc(C)cc3)n2)cc1. The summed E-state index contributed by atoms with van der Waals surface area (Å²) in [5, 5.41) is 0. The van der Waals surface area contributed by atoms with Gasteiger partial charge in [-0.25, -0.2) is 0 Å². The van der Waals surface area contributed by atoms with Crippen LogP contribution in [0.3, 0.4) is 0 Å². The largest absolute Gasteiger partial charge is 0.497 e. The van der Waals surface area contributed by atoms with Crippen LogP contribution in [0.2, 0.25) is 0 Å². The summed E-state index contributed by atoms with van der Waals surface area (Å²) in [6.45, 7) is 2.08. The molecule has 0 saturated carbocycles. The number of nitrogens with zero attached hydrogens (tertiary/aromatic N) is 6. The number of hydrogen-bond donors (Lipinski definition) is 0. The van der Waals surface area contributed by atoms with Crippen molar-refractivity contribution < 1.29 is 4.74 Å². The topological polar surface area (TPSA) is 57.6 Å². The molecular weight excluding hydrogens is 592 g/mol. The second-order valence-corrected chi connectivity index (χ2v) is 11.1. The Morgan fingerprint density at radius 1 is 0.354 bits per heavy atom. The van der Waals surface area contributed by atoms with Gasteiger partial charge in [0.05, 0.1) is 7.11 Å². The minimum atomic E-state index is 0.455. The van der Waals surface area contributed by atoms with Crippen molar-refractivity contribution in [2.45, 2.75) is 6.92 Å². The smallest absolute Gasteiger partial charge is 0.241 e. The Kier molecular flexibility index (Phi) is 8.74. The van der Waals surface area contributed by atoms with Crippen molar-refractivity contribution in [2.75, 3.05) is 21.8 Å². The maximum atomic E-state index is 5.49. The van der Waals surface area contributed by atoms with Gasteiger partial charge in [0.1, 0.15) is 5.75 Å². The Morgan fingerprint density at radius 2 is 0.625 bits per heavy atom. The Hall–Kier alpha value is -6.47. The number of hydrogen-bond acceptors (Lipinski definition) is 7. The van der Waals surface area contributed by atoms with Gasteiger partial charge in [0.15, 0.2) is 0 Å². The average Bonchev–Trinajstić information content (AvgIpc) is 3.15. The molecule has 0 fully saturated rings. The first-order valence-electron chi connectivity index (χ1n) is 15.8. The van der Waals surface area contributed by atoms with Crippen molar-refractivity contribution in [3.05, 3.63) is 175 Å². The summed E-state index contributed by atoms with van der Waals surface area (Å²) in [5.74, 6) is 2.15. The summed E-state index contributed by atoms with van der Waals surface area (Å²) in [6, 6.07) is 56.9. The molecule has 0 N–H and O–H groups in total. The number of aromatic nitrogens is 3. The maximum Gasteiger partial charge on any atom is 0.241 e. The minimum absolute atomic E-state index is 0.455. The number of ether oxygens (including phenoxy) is 1. The van der Waals surface area contributed by atoms with Gasteiger partial charge >= 0.3 is 0 Å². The number of aryl methyl sites for hydroxylation is 1. The van der Waals surface area contributed by atoms with E-state index in [1.54, 1.807) is 7.11 Å². The molecule has 0 aliphatic rings. The highest BCUT2D eigenvalue weighted by atomic mass is 16.5. The summed E-state index contributed by atoms with van der Waals surface area (Å²) < 4.78 is 5.49. The van der Waals surface area contributed by atoms with Crippen LogP contribution in [0.15, 0.2) is 170 Å². The molecule has 0 amide bonds. The van der Waals surface area contributed by atoms with Crippen molar-refractivity contribution >= 4 is 52.0 Å². The first-order valence-corrected chi connectivity index (χ1v) is 15.8. The molecule has 0 saturated heterocycles. The van der Waals surface area contributed by atoms with Crippen molar-refractivity contribution in [3.63, 3.8) is 0 Å². The van der Waals surface area contributed by atoms with E-state index in [9.17, 15) is 0 Å². The molecule has 6 aromatic carbocycles. The van der Waals surface area contributed by atoms with Gasteiger partial charge in [-0.1, -0.05) is 90.5 Å². The molecule has 0 bridgehead atoms. The van der Waals surface area contributed by atoms with Crippen LogP contribution in [-0.2, 0) is 0 Å². The molecule has 0 radical (unpaired) electrons. The summed E-state index contributed by atoms with van der Waals surface area (Å²) in [5.41, 5.74) is 6.63. The van der Waals surface area contributed by atoms with Gasteiger partial charge in [0.2, 0.25) is 17.8 Å². The van der Waals surface area contributed by atoms with Crippen molar-refractivity contribution in [3.8, 4) is 5.75 Å². The minimum Gasteiger partial charge on any atom is -0.497 e. The van der Waals surface area contributed by atoms with E-state index in [0.717, 1.165) is 45.4 Å². The van der Waals surface area contributed by atoms with Crippen molar-refractivity contribution in [1.29, 1.82) is 0 Å². The lowest BCUT2D eigenvalue weighted by Gasteiger charge is -2.29. The van der Waals surface area contributed by atoms with Gasteiger partial charge < -0.3 is 4.74 Å². The van der Waals surface area contributed by atoms with E-state index in [4.69, 9.17) is 19.7 Å². The number of methoxy groups -OCH3 is 1. The molecule has 48 heavy (non-hydrogen) atoms. The van der Waals surface area contributed by atoms with Gasteiger partial charge in [0.25, 0.3) is 0 Å². The lowest BCUT2D eigenvalue weighted by molar-refractivity contribution is 0.415. The highest BCUT2D eigenvalue weighted by Gasteiger charge is 2.25. The third-order valence-electron chi connectivity index (χ3n) is 7.88.